The number of nitrogens with one attached hydrogen (secondary N) is 2. The molecule has 3 aromatic rings. The van der Waals surface area contributed by atoms with Crippen molar-refractivity contribution in [3.8, 4) is 11.5 Å². The first-order valence-electron chi connectivity index (χ1n) is 8.88. The number of anilines is 2. The number of hydrogen-bond donors (Lipinski definition) is 2. The van der Waals surface area contributed by atoms with Gasteiger partial charge in [0.2, 0.25) is 0 Å². The van der Waals surface area contributed by atoms with Crippen LogP contribution in [0.4, 0.5) is 20.2 Å². The van der Waals surface area contributed by atoms with E-state index in [0.29, 0.717) is 22.9 Å². The maximum Gasteiger partial charge on any atom is 0.262 e. The van der Waals surface area contributed by atoms with Crippen molar-refractivity contribution >= 4 is 23.2 Å². The highest BCUT2D eigenvalue weighted by Crippen LogP contribution is 2.25. The molecule has 0 bridgehead atoms. The number of hydrogen-bond acceptors (Lipinski definition) is 4. The maximum atomic E-state index is 13.3. The number of ether oxygens (including phenoxy) is 2. The third-order valence-corrected chi connectivity index (χ3v) is 4.01. The van der Waals surface area contributed by atoms with Crippen molar-refractivity contribution in [2.24, 2.45) is 0 Å². The molecule has 154 valence electrons. The van der Waals surface area contributed by atoms with E-state index in [1.807, 2.05) is 0 Å². The van der Waals surface area contributed by atoms with Gasteiger partial charge in [-0.3, -0.25) is 9.59 Å². The molecule has 2 N–H and O–H groups in total. The topological polar surface area (TPSA) is 76.7 Å². The number of benzene rings is 3. The molecule has 0 aromatic heterocycles. The highest BCUT2D eigenvalue weighted by atomic mass is 19.2. The number of carbonyl (C=O) groups is 2. The van der Waals surface area contributed by atoms with Crippen molar-refractivity contribution in [2.75, 3.05) is 24.4 Å². The molecule has 0 saturated carbocycles. The van der Waals surface area contributed by atoms with Gasteiger partial charge in [0.25, 0.3) is 11.8 Å². The smallest absolute Gasteiger partial charge is 0.262 e. The summed E-state index contributed by atoms with van der Waals surface area (Å²) in [7, 11) is 1.50. The van der Waals surface area contributed by atoms with Gasteiger partial charge >= 0.3 is 0 Å². The van der Waals surface area contributed by atoms with Gasteiger partial charge in [0.1, 0.15) is 0 Å². The van der Waals surface area contributed by atoms with E-state index >= 15 is 0 Å². The van der Waals surface area contributed by atoms with Gasteiger partial charge in [-0.1, -0.05) is 18.2 Å². The lowest BCUT2D eigenvalue weighted by atomic mass is 10.2. The van der Waals surface area contributed by atoms with Crippen molar-refractivity contribution in [3.63, 3.8) is 0 Å². The molecule has 0 fully saturated rings. The van der Waals surface area contributed by atoms with E-state index in [2.05, 4.69) is 10.6 Å². The van der Waals surface area contributed by atoms with Gasteiger partial charge in [-0.25, -0.2) is 8.78 Å². The minimum atomic E-state index is -1.11. The lowest BCUT2D eigenvalue weighted by Gasteiger charge is -2.11. The second kappa shape index (κ2) is 9.51. The summed E-state index contributed by atoms with van der Waals surface area (Å²) < 4.78 is 36.9. The SMILES string of the molecule is COc1ccccc1OCC(=O)Nc1cccc(NC(=O)c2ccc(F)c(F)c2)c1. The van der Waals surface area contributed by atoms with Crippen LogP contribution < -0.4 is 20.1 Å². The number of amides is 2. The number of methoxy groups -OCH3 is 1. The number of para-hydroxylation sites is 2. The van der Waals surface area contributed by atoms with E-state index in [0.717, 1.165) is 12.1 Å². The van der Waals surface area contributed by atoms with E-state index in [1.54, 1.807) is 42.5 Å². The quantitative estimate of drug-likeness (QED) is 0.609. The van der Waals surface area contributed by atoms with Crippen molar-refractivity contribution in [2.45, 2.75) is 0 Å². The van der Waals surface area contributed by atoms with Gasteiger partial charge in [-0.05, 0) is 48.5 Å². The molecule has 0 radical (unpaired) electrons. The Kier molecular flexibility index (Phi) is 6.59. The van der Waals surface area contributed by atoms with E-state index in [-0.39, 0.29) is 12.2 Å². The van der Waals surface area contributed by atoms with Crippen LogP contribution >= 0.6 is 0 Å². The van der Waals surface area contributed by atoms with Crippen LogP contribution in [0.3, 0.4) is 0 Å². The third kappa shape index (κ3) is 5.32. The Morgan fingerprint density at radius 3 is 2.23 bits per heavy atom. The van der Waals surface area contributed by atoms with Gasteiger partial charge in [0.05, 0.1) is 7.11 Å². The summed E-state index contributed by atoms with van der Waals surface area (Å²) in [4.78, 5) is 24.4. The summed E-state index contributed by atoms with van der Waals surface area (Å²) in [6, 6.07) is 16.2. The van der Waals surface area contributed by atoms with Gasteiger partial charge in [-0.2, -0.15) is 0 Å². The zero-order valence-corrected chi connectivity index (χ0v) is 15.9. The molecule has 3 aromatic carbocycles. The highest BCUT2D eigenvalue weighted by molar-refractivity contribution is 6.04. The van der Waals surface area contributed by atoms with Gasteiger partial charge < -0.3 is 20.1 Å². The van der Waals surface area contributed by atoms with Crippen LogP contribution in [-0.4, -0.2) is 25.5 Å². The van der Waals surface area contributed by atoms with Gasteiger partial charge in [0.15, 0.2) is 29.7 Å². The summed E-state index contributed by atoms with van der Waals surface area (Å²) in [6.07, 6.45) is 0. The molecule has 2 amide bonds. The second-order valence-corrected chi connectivity index (χ2v) is 6.15. The summed E-state index contributed by atoms with van der Waals surface area (Å²) in [5, 5.41) is 5.22. The Morgan fingerprint density at radius 1 is 0.833 bits per heavy atom. The molecule has 6 nitrogen and oxygen atoms in total. The largest absolute Gasteiger partial charge is 0.493 e. The Bertz CT molecular complexity index is 1070. The Hall–Kier alpha value is -3.94. The first kappa shape index (κ1) is 20.8. The first-order valence-corrected chi connectivity index (χ1v) is 8.88. The molecule has 0 aliphatic heterocycles. The predicted molar refractivity (Wildman–Crippen MR) is 108 cm³/mol. The van der Waals surface area contributed by atoms with Crippen LogP contribution in [0.15, 0.2) is 66.7 Å². The standard InChI is InChI=1S/C22H18F2N2O4/c1-29-19-7-2-3-8-20(19)30-13-21(27)25-15-5-4-6-16(12-15)26-22(28)14-9-10-17(23)18(24)11-14/h2-12H,13H2,1H3,(H,25,27)(H,26,28). The zero-order valence-electron chi connectivity index (χ0n) is 15.9. The molecule has 0 atom stereocenters. The average molecular weight is 412 g/mol. The molecular formula is C22H18F2N2O4. The van der Waals surface area contributed by atoms with Crippen LogP contribution in [0, 0.1) is 11.6 Å². The van der Waals surface area contributed by atoms with Crippen LogP contribution in [0.1, 0.15) is 10.4 Å². The summed E-state index contributed by atoms with van der Waals surface area (Å²) in [6.45, 7) is -0.244. The molecule has 0 aliphatic rings. The lowest BCUT2D eigenvalue weighted by molar-refractivity contribution is -0.118. The van der Waals surface area contributed by atoms with Crippen LogP contribution in [0.25, 0.3) is 0 Å². The Balaban J connectivity index is 1.60. The lowest BCUT2D eigenvalue weighted by Crippen LogP contribution is -2.20. The number of halogens is 2. The molecule has 0 saturated heterocycles. The molecule has 0 heterocycles. The molecular weight excluding hydrogens is 394 g/mol. The van der Waals surface area contributed by atoms with Crippen LogP contribution in [0.5, 0.6) is 11.5 Å². The highest BCUT2D eigenvalue weighted by Gasteiger charge is 2.11. The molecule has 0 unspecified atom stereocenters. The molecule has 30 heavy (non-hydrogen) atoms. The van der Waals surface area contributed by atoms with Gasteiger partial charge in [-0.15, -0.1) is 0 Å². The van der Waals surface area contributed by atoms with E-state index in [4.69, 9.17) is 9.47 Å². The Labute approximate surface area is 171 Å². The Morgan fingerprint density at radius 2 is 1.53 bits per heavy atom. The normalized spacial score (nSPS) is 10.2. The van der Waals surface area contributed by atoms with Gasteiger partial charge in [0, 0.05) is 16.9 Å². The minimum Gasteiger partial charge on any atom is -0.493 e. The molecule has 0 spiro atoms. The van der Waals surface area contributed by atoms with E-state index in [9.17, 15) is 18.4 Å². The summed E-state index contributed by atoms with van der Waals surface area (Å²) >= 11 is 0. The molecule has 8 heteroatoms. The summed E-state index contributed by atoms with van der Waals surface area (Å²) in [5.74, 6) is -2.23. The van der Waals surface area contributed by atoms with Crippen molar-refractivity contribution in [3.05, 3.63) is 83.9 Å². The van der Waals surface area contributed by atoms with Crippen LogP contribution in [-0.2, 0) is 4.79 Å². The number of carbonyl (C=O) groups excluding carboxylic acids is 2. The zero-order chi connectivity index (χ0) is 21.5. The van der Waals surface area contributed by atoms with E-state index < -0.39 is 23.4 Å². The van der Waals surface area contributed by atoms with Crippen molar-refractivity contribution in [1.82, 2.24) is 0 Å². The fraction of sp³-hybridized carbons (Fsp3) is 0.0909. The van der Waals surface area contributed by atoms with Crippen molar-refractivity contribution in [1.29, 1.82) is 0 Å². The monoisotopic (exact) mass is 412 g/mol. The second-order valence-electron chi connectivity index (χ2n) is 6.15. The molecule has 0 aliphatic carbocycles. The fourth-order valence-corrected chi connectivity index (χ4v) is 2.59. The maximum absolute atomic E-state index is 13.3. The van der Waals surface area contributed by atoms with Crippen molar-refractivity contribution < 1.29 is 27.8 Å². The first-order chi connectivity index (χ1) is 14.5. The summed E-state index contributed by atoms with van der Waals surface area (Å²) in [5.41, 5.74) is 0.758. The van der Waals surface area contributed by atoms with E-state index in [1.165, 1.54) is 19.2 Å². The third-order valence-electron chi connectivity index (χ3n) is 4.01. The van der Waals surface area contributed by atoms with Crippen LogP contribution in [0.2, 0.25) is 0 Å². The minimum absolute atomic E-state index is 0.0338. The average Bonchev–Trinajstić information content (AvgIpc) is 2.74. The number of rotatable bonds is 7. The molecule has 3 rings (SSSR count). The fourth-order valence-electron chi connectivity index (χ4n) is 2.59. The predicted octanol–water partition coefficient (Wildman–Crippen LogP) is 4.24.